The Morgan fingerprint density at radius 1 is 1.21 bits per heavy atom. The lowest BCUT2D eigenvalue weighted by Gasteiger charge is -2.23. The number of methoxy groups -OCH3 is 1. The van der Waals surface area contributed by atoms with Gasteiger partial charge >= 0.3 is 0 Å². The van der Waals surface area contributed by atoms with Crippen LogP contribution in [0.15, 0.2) is 22.7 Å². The quantitative estimate of drug-likeness (QED) is 0.897. The molecular formula is C15H20N2O2. The zero-order chi connectivity index (χ0) is 14.2. The van der Waals surface area contributed by atoms with E-state index in [0.717, 1.165) is 16.9 Å². The Hall–Kier alpha value is -1.97. The van der Waals surface area contributed by atoms with Gasteiger partial charge in [0.05, 0.1) is 7.11 Å². The molecule has 0 amide bonds. The normalized spacial score (nSPS) is 11.6. The minimum Gasteiger partial charge on any atom is -0.496 e. The number of nitrogens with two attached hydrogens (primary N) is 1. The van der Waals surface area contributed by atoms with Crippen LogP contribution >= 0.6 is 0 Å². The Kier molecular flexibility index (Phi) is 3.27. The van der Waals surface area contributed by atoms with E-state index in [0.29, 0.717) is 11.6 Å². The lowest BCUT2D eigenvalue weighted by Crippen LogP contribution is -2.13. The Morgan fingerprint density at radius 3 is 2.37 bits per heavy atom. The fourth-order valence-corrected chi connectivity index (χ4v) is 2.12. The molecule has 1 aromatic heterocycles. The second-order valence-corrected chi connectivity index (χ2v) is 5.73. The van der Waals surface area contributed by atoms with Crippen LogP contribution in [0.2, 0.25) is 0 Å². The van der Waals surface area contributed by atoms with E-state index in [2.05, 4.69) is 32.0 Å². The smallest absolute Gasteiger partial charge is 0.169 e. The van der Waals surface area contributed by atoms with Crippen LogP contribution in [0, 0.1) is 6.92 Å². The minimum atomic E-state index is 0.0229. The van der Waals surface area contributed by atoms with Crippen LogP contribution < -0.4 is 10.5 Å². The monoisotopic (exact) mass is 260 g/mol. The van der Waals surface area contributed by atoms with Crippen molar-refractivity contribution < 1.29 is 9.26 Å². The van der Waals surface area contributed by atoms with Crippen LogP contribution in [0.5, 0.6) is 5.75 Å². The van der Waals surface area contributed by atoms with E-state index in [1.54, 1.807) is 13.2 Å². The second kappa shape index (κ2) is 4.61. The number of rotatable bonds is 2. The van der Waals surface area contributed by atoms with Gasteiger partial charge in [-0.25, -0.2) is 0 Å². The summed E-state index contributed by atoms with van der Waals surface area (Å²) < 4.78 is 10.7. The van der Waals surface area contributed by atoms with Gasteiger partial charge < -0.3 is 15.0 Å². The van der Waals surface area contributed by atoms with Crippen molar-refractivity contribution in [3.05, 3.63) is 29.3 Å². The zero-order valence-corrected chi connectivity index (χ0v) is 12.1. The van der Waals surface area contributed by atoms with Gasteiger partial charge in [-0.15, -0.1) is 0 Å². The number of aromatic nitrogens is 1. The molecule has 1 aromatic carbocycles. The van der Waals surface area contributed by atoms with Gasteiger partial charge in [-0.05, 0) is 29.5 Å². The molecule has 0 saturated heterocycles. The number of hydrogen-bond acceptors (Lipinski definition) is 4. The maximum absolute atomic E-state index is 5.60. The van der Waals surface area contributed by atoms with E-state index in [1.165, 1.54) is 5.56 Å². The Morgan fingerprint density at radius 2 is 1.89 bits per heavy atom. The number of hydrogen-bond donors (Lipinski definition) is 1. The third-order valence-electron chi connectivity index (χ3n) is 3.15. The predicted molar refractivity (Wildman–Crippen MR) is 76.3 cm³/mol. The number of anilines is 1. The summed E-state index contributed by atoms with van der Waals surface area (Å²) in [6.45, 7) is 8.53. The molecule has 0 radical (unpaired) electrons. The van der Waals surface area contributed by atoms with Crippen LogP contribution in [0.4, 0.5) is 5.82 Å². The fraction of sp³-hybridized carbons (Fsp3) is 0.400. The molecule has 0 atom stereocenters. The molecule has 0 aliphatic heterocycles. The summed E-state index contributed by atoms with van der Waals surface area (Å²) in [5.74, 6) is 1.89. The molecule has 4 nitrogen and oxygen atoms in total. The SMILES string of the molecule is COc1cc(-c2cc(N)no2)c(C)cc1C(C)(C)C. The molecule has 0 aliphatic carbocycles. The summed E-state index contributed by atoms with van der Waals surface area (Å²) in [4.78, 5) is 0. The molecule has 0 fully saturated rings. The van der Waals surface area contributed by atoms with Gasteiger partial charge in [0.1, 0.15) is 5.75 Å². The van der Waals surface area contributed by atoms with Gasteiger partial charge in [-0.1, -0.05) is 32.0 Å². The molecule has 1 heterocycles. The lowest BCUT2D eigenvalue weighted by atomic mass is 9.84. The van der Waals surface area contributed by atoms with Crippen LogP contribution in [-0.2, 0) is 5.41 Å². The summed E-state index contributed by atoms with van der Waals surface area (Å²) in [6.07, 6.45) is 0. The molecule has 4 heteroatoms. The van der Waals surface area contributed by atoms with E-state index in [1.807, 2.05) is 13.0 Å². The summed E-state index contributed by atoms with van der Waals surface area (Å²) in [5.41, 5.74) is 8.86. The fourth-order valence-electron chi connectivity index (χ4n) is 2.12. The van der Waals surface area contributed by atoms with Crippen molar-refractivity contribution >= 4 is 5.82 Å². The molecule has 102 valence electrons. The van der Waals surface area contributed by atoms with Crippen molar-refractivity contribution in [3.63, 3.8) is 0 Å². The first-order valence-corrected chi connectivity index (χ1v) is 6.24. The number of nitrogens with zero attached hydrogens (tertiary/aromatic N) is 1. The van der Waals surface area contributed by atoms with Crippen LogP contribution in [-0.4, -0.2) is 12.3 Å². The first-order valence-electron chi connectivity index (χ1n) is 6.24. The van der Waals surface area contributed by atoms with Crippen LogP contribution in [0.25, 0.3) is 11.3 Å². The zero-order valence-electron chi connectivity index (χ0n) is 12.1. The summed E-state index contributed by atoms with van der Waals surface area (Å²) >= 11 is 0. The average molecular weight is 260 g/mol. The molecule has 0 saturated carbocycles. The molecule has 0 bridgehead atoms. The van der Waals surface area contributed by atoms with E-state index in [9.17, 15) is 0 Å². The summed E-state index contributed by atoms with van der Waals surface area (Å²) in [7, 11) is 1.68. The van der Waals surface area contributed by atoms with Crippen molar-refractivity contribution in [1.82, 2.24) is 5.16 Å². The molecule has 0 spiro atoms. The Labute approximate surface area is 113 Å². The first kappa shape index (κ1) is 13.5. The van der Waals surface area contributed by atoms with Crippen LogP contribution in [0.3, 0.4) is 0 Å². The van der Waals surface area contributed by atoms with E-state index in [4.69, 9.17) is 15.0 Å². The third kappa shape index (κ3) is 2.57. The average Bonchev–Trinajstić information content (AvgIpc) is 2.74. The van der Waals surface area contributed by atoms with Crippen molar-refractivity contribution in [1.29, 1.82) is 0 Å². The number of ether oxygens (including phenoxy) is 1. The maximum Gasteiger partial charge on any atom is 0.169 e. The van der Waals surface area contributed by atoms with Crippen molar-refractivity contribution in [3.8, 4) is 17.1 Å². The largest absolute Gasteiger partial charge is 0.496 e. The highest BCUT2D eigenvalue weighted by Gasteiger charge is 2.21. The predicted octanol–water partition coefficient (Wildman–Crippen LogP) is 3.54. The van der Waals surface area contributed by atoms with Gasteiger partial charge in [-0.3, -0.25) is 0 Å². The molecule has 2 aromatic rings. The molecule has 19 heavy (non-hydrogen) atoms. The Balaban J connectivity index is 2.60. The third-order valence-corrected chi connectivity index (χ3v) is 3.15. The highest BCUT2D eigenvalue weighted by Crippen LogP contribution is 2.37. The van der Waals surface area contributed by atoms with Crippen molar-refractivity contribution in [2.24, 2.45) is 0 Å². The minimum absolute atomic E-state index is 0.0229. The maximum atomic E-state index is 5.60. The number of nitrogen functional groups attached to an aromatic ring is 1. The summed E-state index contributed by atoms with van der Waals surface area (Å²) in [5, 5.41) is 3.72. The van der Waals surface area contributed by atoms with Gasteiger partial charge in [0.25, 0.3) is 0 Å². The van der Waals surface area contributed by atoms with E-state index < -0.39 is 0 Å². The highest BCUT2D eigenvalue weighted by molar-refractivity contribution is 5.67. The van der Waals surface area contributed by atoms with Crippen molar-refractivity contribution in [2.45, 2.75) is 33.1 Å². The highest BCUT2D eigenvalue weighted by atomic mass is 16.5. The topological polar surface area (TPSA) is 61.3 Å². The van der Waals surface area contributed by atoms with E-state index in [-0.39, 0.29) is 5.41 Å². The Bertz CT molecular complexity index is 595. The standard InChI is InChI=1S/C15H20N2O2/c1-9-6-11(15(2,3)4)13(18-5)7-10(9)12-8-14(16)17-19-12/h6-8H,1-5H3,(H2,16,17). The number of benzene rings is 1. The lowest BCUT2D eigenvalue weighted by molar-refractivity contribution is 0.396. The van der Waals surface area contributed by atoms with Gasteiger partial charge in [0.15, 0.2) is 11.6 Å². The van der Waals surface area contributed by atoms with Gasteiger partial charge in [0.2, 0.25) is 0 Å². The molecule has 2 N–H and O–H groups in total. The van der Waals surface area contributed by atoms with Crippen LogP contribution in [0.1, 0.15) is 31.9 Å². The molecule has 2 rings (SSSR count). The summed E-state index contributed by atoms with van der Waals surface area (Å²) in [6, 6.07) is 5.83. The van der Waals surface area contributed by atoms with Crippen molar-refractivity contribution in [2.75, 3.05) is 12.8 Å². The molecule has 0 unspecified atom stereocenters. The molecular weight excluding hydrogens is 240 g/mol. The van der Waals surface area contributed by atoms with E-state index >= 15 is 0 Å². The van der Waals surface area contributed by atoms with Gasteiger partial charge in [-0.2, -0.15) is 0 Å². The first-order chi connectivity index (χ1) is 8.82. The second-order valence-electron chi connectivity index (χ2n) is 5.73. The van der Waals surface area contributed by atoms with Gasteiger partial charge in [0, 0.05) is 11.6 Å². The number of aryl methyl sites for hydroxylation is 1. The molecule has 0 aliphatic rings.